The molecule has 0 aromatic heterocycles. The molecule has 0 bridgehead atoms. The van der Waals surface area contributed by atoms with Crippen LogP contribution in [0, 0.1) is 0 Å². The third-order valence-corrected chi connectivity index (χ3v) is 6.39. The molecule has 2 rings (SSSR count). The molecule has 0 aliphatic carbocycles. The SMILES string of the molecule is CCN(CC)C(=O)C(c1ccccc1)S(=O)C1CCOC1C. The number of amides is 1. The summed E-state index contributed by atoms with van der Waals surface area (Å²) in [5.41, 5.74) is 0.830. The summed E-state index contributed by atoms with van der Waals surface area (Å²) in [4.78, 5) is 14.7. The normalized spacial score (nSPS) is 24.0. The maximum atomic E-state index is 13.1. The Morgan fingerprint density at radius 2 is 1.95 bits per heavy atom. The van der Waals surface area contributed by atoms with Crippen molar-refractivity contribution in [2.45, 2.75) is 43.8 Å². The summed E-state index contributed by atoms with van der Waals surface area (Å²) in [5, 5.41) is -0.681. The summed E-state index contributed by atoms with van der Waals surface area (Å²) in [6, 6.07) is 9.48. The topological polar surface area (TPSA) is 46.6 Å². The molecular weight excluding hydrogens is 298 g/mol. The van der Waals surface area contributed by atoms with Gasteiger partial charge in [0, 0.05) is 30.5 Å². The van der Waals surface area contributed by atoms with Gasteiger partial charge in [-0.15, -0.1) is 0 Å². The molecule has 5 heteroatoms. The monoisotopic (exact) mass is 323 g/mol. The van der Waals surface area contributed by atoms with E-state index >= 15 is 0 Å². The van der Waals surface area contributed by atoms with Gasteiger partial charge in [0.25, 0.3) is 0 Å². The lowest BCUT2D eigenvalue weighted by Crippen LogP contribution is -2.39. The van der Waals surface area contributed by atoms with Gasteiger partial charge in [0.2, 0.25) is 5.91 Å². The van der Waals surface area contributed by atoms with Gasteiger partial charge in [-0.2, -0.15) is 0 Å². The Kier molecular flexibility index (Phi) is 6.15. The van der Waals surface area contributed by atoms with Gasteiger partial charge in [0.15, 0.2) is 0 Å². The number of ether oxygens (including phenoxy) is 1. The van der Waals surface area contributed by atoms with E-state index in [0.717, 1.165) is 12.0 Å². The highest BCUT2D eigenvalue weighted by Crippen LogP contribution is 2.30. The lowest BCUT2D eigenvalue weighted by atomic mass is 10.1. The first-order chi connectivity index (χ1) is 10.6. The molecule has 1 aromatic carbocycles. The molecule has 0 saturated carbocycles. The van der Waals surface area contributed by atoms with Gasteiger partial charge >= 0.3 is 0 Å². The number of nitrogens with zero attached hydrogens (tertiary/aromatic N) is 1. The zero-order chi connectivity index (χ0) is 16.1. The Bertz CT molecular complexity index is 516. The molecule has 1 aromatic rings. The molecule has 1 saturated heterocycles. The fourth-order valence-electron chi connectivity index (χ4n) is 2.90. The van der Waals surface area contributed by atoms with Crippen LogP contribution in [0.2, 0.25) is 0 Å². The number of hydrogen-bond acceptors (Lipinski definition) is 3. The van der Waals surface area contributed by atoms with E-state index in [9.17, 15) is 9.00 Å². The molecule has 22 heavy (non-hydrogen) atoms. The Morgan fingerprint density at radius 3 is 2.45 bits per heavy atom. The molecule has 1 amide bonds. The van der Waals surface area contributed by atoms with E-state index in [4.69, 9.17) is 4.74 Å². The molecule has 0 N–H and O–H groups in total. The highest BCUT2D eigenvalue weighted by Gasteiger charge is 2.39. The van der Waals surface area contributed by atoms with Crippen molar-refractivity contribution in [2.24, 2.45) is 0 Å². The van der Waals surface area contributed by atoms with E-state index < -0.39 is 16.0 Å². The minimum Gasteiger partial charge on any atom is -0.377 e. The lowest BCUT2D eigenvalue weighted by Gasteiger charge is -2.27. The van der Waals surface area contributed by atoms with Gasteiger partial charge in [0.1, 0.15) is 5.25 Å². The second-order valence-electron chi connectivity index (χ2n) is 5.53. The molecule has 1 aliphatic rings. The molecule has 122 valence electrons. The quantitative estimate of drug-likeness (QED) is 0.808. The molecule has 0 spiro atoms. The van der Waals surface area contributed by atoms with Crippen LogP contribution in [0.1, 0.15) is 38.0 Å². The second-order valence-corrected chi connectivity index (χ2v) is 7.27. The Hall–Kier alpha value is -1.20. The van der Waals surface area contributed by atoms with Crippen molar-refractivity contribution < 1.29 is 13.7 Å². The van der Waals surface area contributed by atoms with E-state index in [1.54, 1.807) is 4.90 Å². The maximum absolute atomic E-state index is 13.1. The maximum Gasteiger partial charge on any atom is 0.242 e. The predicted molar refractivity (Wildman–Crippen MR) is 89.1 cm³/mol. The fourth-order valence-corrected chi connectivity index (χ4v) is 4.80. The summed E-state index contributed by atoms with van der Waals surface area (Å²) in [7, 11) is -1.28. The average Bonchev–Trinajstić information content (AvgIpc) is 2.96. The smallest absolute Gasteiger partial charge is 0.242 e. The van der Waals surface area contributed by atoms with Crippen molar-refractivity contribution in [3.8, 4) is 0 Å². The van der Waals surface area contributed by atoms with E-state index in [0.29, 0.717) is 19.7 Å². The van der Waals surface area contributed by atoms with Gasteiger partial charge in [0.05, 0.1) is 11.4 Å². The first-order valence-electron chi connectivity index (χ1n) is 7.94. The third kappa shape index (κ3) is 3.58. The van der Waals surface area contributed by atoms with Gasteiger partial charge in [-0.05, 0) is 32.8 Å². The fraction of sp³-hybridized carbons (Fsp3) is 0.588. The van der Waals surface area contributed by atoms with Crippen molar-refractivity contribution >= 4 is 16.7 Å². The number of hydrogen-bond donors (Lipinski definition) is 0. The minimum absolute atomic E-state index is 0.0476. The molecular formula is C17H25NO3S. The predicted octanol–water partition coefficient (Wildman–Crippen LogP) is 2.52. The lowest BCUT2D eigenvalue weighted by molar-refractivity contribution is -0.130. The van der Waals surface area contributed by atoms with Crippen molar-refractivity contribution in [3.63, 3.8) is 0 Å². The van der Waals surface area contributed by atoms with Crippen LogP contribution in [0.4, 0.5) is 0 Å². The average molecular weight is 323 g/mol. The number of carbonyl (C=O) groups is 1. The van der Waals surface area contributed by atoms with Gasteiger partial charge < -0.3 is 9.64 Å². The van der Waals surface area contributed by atoms with Crippen LogP contribution in [-0.4, -0.2) is 46.1 Å². The van der Waals surface area contributed by atoms with Crippen molar-refractivity contribution in [3.05, 3.63) is 35.9 Å². The van der Waals surface area contributed by atoms with Crippen molar-refractivity contribution in [1.29, 1.82) is 0 Å². The summed E-state index contributed by atoms with van der Waals surface area (Å²) in [5.74, 6) is -0.0476. The zero-order valence-electron chi connectivity index (χ0n) is 13.5. The summed E-state index contributed by atoms with van der Waals surface area (Å²) >= 11 is 0. The highest BCUT2D eigenvalue weighted by atomic mass is 32.2. The van der Waals surface area contributed by atoms with Crippen LogP contribution in [0.25, 0.3) is 0 Å². The van der Waals surface area contributed by atoms with E-state index in [1.165, 1.54) is 0 Å². The standard InChI is InChI=1S/C17H25NO3S/c1-4-18(5-2)17(19)16(14-9-7-6-8-10-14)22(20)15-11-12-21-13(15)3/h6-10,13,15-16H,4-5,11-12H2,1-3H3. The molecule has 4 nitrogen and oxygen atoms in total. The van der Waals surface area contributed by atoms with Crippen LogP contribution in [0.15, 0.2) is 30.3 Å². The number of rotatable bonds is 6. The van der Waals surface area contributed by atoms with Gasteiger partial charge in [-0.1, -0.05) is 30.3 Å². The second kappa shape index (κ2) is 7.88. The van der Waals surface area contributed by atoms with Crippen molar-refractivity contribution in [2.75, 3.05) is 19.7 Å². The highest BCUT2D eigenvalue weighted by molar-refractivity contribution is 7.86. The molecule has 1 aliphatic heterocycles. The number of likely N-dealkylation sites (N-methyl/N-ethyl adjacent to an activating group) is 1. The minimum atomic E-state index is -1.28. The number of benzene rings is 1. The van der Waals surface area contributed by atoms with Crippen LogP contribution in [0.3, 0.4) is 0 Å². The van der Waals surface area contributed by atoms with Crippen LogP contribution < -0.4 is 0 Å². The van der Waals surface area contributed by atoms with E-state index in [1.807, 2.05) is 51.1 Å². The molecule has 1 heterocycles. The van der Waals surface area contributed by atoms with E-state index in [-0.39, 0.29) is 17.3 Å². The molecule has 0 radical (unpaired) electrons. The van der Waals surface area contributed by atoms with Gasteiger partial charge in [-0.3, -0.25) is 9.00 Å². The first kappa shape index (κ1) is 17.2. The first-order valence-corrected chi connectivity index (χ1v) is 9.22. The zero-order valence-corrected chi connectivity index (χ0v) is 14.3. The van der Waals surface area contributed by atoms with E-state index in [2.05, 4.69) is 0 Å². The van der Waals surface area contributed by atoms with Crippen LogP contribution >= 0.6 is 0 Å². The molecule has 4 unspecified atom stereocenters. The summed E-state index contributed by atoms with van der Waals surface area (Å²) in [6.07, 6.45) is 0.694. The summed E-state index contributed by atoms with van der Waals surface area (Å²) < 4.78 is 18.7. The Balaban J connectivity index is 2.33. The van der Waals surface area contributed by atoms with Crippen LogP contribution in [0.5, 0.6) is 0 Å². The molecule has 1 fully saturated rings. The van der Waals surface area contributed by atoms with Crippen LogP contribution in [-0.2, 0) is 20.3 Å². The summed E-state index contributed by atoms with van der Waals surface area (Å²) in [6.45, 7) is 7.73. The number of carbonyl (C=O) groups excluding carboxylic acids is 1. The Labute approximate surface area is 135 Å². The van der Waals surface area contributed by atoms with Gasteiger partial charge in [-0.25, -0.2) is 0 Å². The largest absolute Gasteiger partial charge is 0.377 e. The Morgan fingerprint density at radius 1 is 1.32 bits per heavy atom. The van der Waals surface area contributed by atoms with Crippen molar-refractivity contribution in [1.82, 2.24) is 4.90 Å². The third-order valence-electron chi connectivity index (χ3n) is 4.24. The molecule has 4 atom stereocenters.